The van der Waals surface area contributed by atoms with Crippen LogP contribution in [-0.2, 0) is 0 Å². The van der Waals surface area contributed by atoms with E-state index in [1.54, 1.807) is 36.5 Å². The number of nitrogens with one attached hydrogen (secondary N) is 1. The van der Waals surface area contributed by atoms with E-state index in [-0.39, 0.29) is 22.5 Å². The number of nitrogens with zero attached hydrogens (tertiary/aromatic N) is 4. The summed E-state index contributed by atoms with van der Waals surface area (Å²) in [6, 6.07) is 19.3. The van der Waals surface area contributed by atoms with Crippen molar-refractivity contribution in [3.8, 4) is 17.1 Å². The number of hydrogen-bond acceptors (Lipinski definition) is 5. The lowest BCUT2D eigenvalue weighted by molar-refractivity contribution is 0.101. The van der Waals surface area contributed by atoms with Crippen molar-refractivity contribution >= 4 is 17.4 Å². The molecule has 176 valence electrons. The van der Waals surface area contributed by atoms with E-state index >= 15 is 0 Å². The summed E-state index contributed by atoms with van der Waals surface area (Å²) < 4.78 is 29.4. The van der Waals surface area contributed by atoms with Gasteiger partial charge in [0.05, 0.1) is 11.1 Å². The highest BCUT2D eigenvalue weighted by Crippen LogP contribution is 2.25. The minimum atomic E-state index is -0.737. The van der Waals surface area contributed by atoms with Crippen LogP contribution < -0.4 is 5.32 Å². The predicted octanol–water partition coefficient (Wildman–Crippen LogP) is 5.09. The summed E-state index contributed by atoms with van der Waals surface area (Å²) in [6.07, 6.45) is 4.53. The second-order valence-corrected chi connectivity index (χ2v) is 7.72. The van der Waals surface area contributed by atoms with Gasteiger partial charge < -0.3 is 5.32 Å². The van der Waals surface area contributed by atoms with Crippen LogP contribution in [0, 0.1) is 11.6 Å². The second-order valence-electron chi connectivity index (χ2n) is 7.72. The van der Waals surface area contributed by atoms with Crippen LogP contribution in [0.1, 0.15) is 26.4 Å². The Bertz CT molecular complexity index is 1550. The quantitative estimate of drug-likeness (QED) is 0.341. The number of pyridine rings is 2. The van der Waals surface area contributed by atoms with Crippen molar-refractivity contribution in [3.05, 3.63) is 126 Å². The summed E-state index contributed by atoms with van der Waals surface area (Å²) in [7, 11) is 0. The molecule has 0 saturated carbocycles. The van der Waals surface area contributed by atoms with Crippen LogP contribution in [0.25, 0.3) is 17.1 Å². The lowest BCUT2D eigenvalue weighted by Gasteiger charge is -2.08. The zero-order chi connectivity index (χ0) is 25.1. The fourth-order valence-corrected chi connectivity index (χ4v) is 3.58. The Morgan fingerprint density at radius 2 is 1.56 bits per heavy atom. The zero-order valence-corrected chi connectivity index (χ0v) is 18.6. The third-order valence-corrected chi connectivity index (χ3v) is 5.33. The average Bonchev–Trinajstić information content (AvgIpc) is 3.37. The molecule has 0 aliphatic carbocycles. The summed E-state index contributed by atoms with van der Waals surface area (Å²) in [6.45, 7) is 0. The molecule has 36 heavy (non-hydrogen) atoms. The van der Waals surface area contributed by atoms with Gasteiger partial charge in [-0.2, -0.15) is 5.10 Å². The molecule has 0 bridgehead atoms. The van der Waals surface area contributed by atoms with Crippen LogP contribution in [0.4, 0.5) is 14.5 Å². The lowest BCUT2D eigenvalue weighted by atomic mass is 10.1. The first-order chi connectivity index (χ1) is 17.5. The number of hydrogen-bond donors (Lipinski definition) is 1. The maximum atomic E-state index is 14.5. The number of halogens is 2. The van der Waals surface area contributed by atoms with Gasteiger partial charge in [-0.3, -0.25) is 14.6 Å². The largest absolute Gasteiger partial charge is 0.322 e. The van der Waals surface area contributed by atoms with Gasteiger partial charge in [0.25, 0.3) is 5.91 Å². The molecule has 2 aromatic carbocycles. The van der Waals surface area contributed by atoms with Gasteiger partial charge in [0, 0.05) is 29.8 Å². The molecule has 1 amide bonds. The number of carbonyl (C=O) groups excluding carboxylic acids is 2. The number of rotatable bonds is 6. The molecule has 0 aliphatic heterocycles. The Balaban J connectivity index is 1.50. The molecule has 0 fully saturated rings. The molecule has 9 heteroatoms. The van der Waals surface area contributed by atoms with E-state index in [0.29, 0.717) is 17.1 Å². The van der Waals surface area contributed by atoms with Gasteiger partial charge in [-0.25, -0.2) is 18.4 Å². The summed E-state index contributed by atoms with van der Waals surface area (Å²) >= 11 is 0. The molecule has 5 rings (SSSR count). The molecule has 3 aromatic heterocycles. The monoisotopic (exact) mass is 481 g/mol. The van der Waals surface area contributed by atoms with Crippen molar-refractivity contribution in [1.82, 2.24) is 19.7 Å². The number of benzene rings is 2. The highest BCUT2D eigenvalue weighted by molar-refractivity contribution is 6.10. The molecule has 0 aliphatic rings. The minimum absolute atomic E-state index is 0.0788. The van der Waals surface area contributed by atoms with Crippen LogP contribution >= 0.6 is 0 Å². The van der Waals surface area contributed by atoms with Gasteiger partial charge in [0.15, 0.2) is 5.82 Å². The van der Waals surface area contributed by atoms with Crippen molar-refractivity contribution in [2.24, 2.45) is 0 Å². The molecule has 5 aromatic rings. The molecule has 3 heterocycles. The van der Waals surface area contributed by atoms with Crippen LogP contribution in [0.3, 0.4) is 0 Å². The van der Waals surface area contributed by atoms with Crippen molar-refractivity contribution < 1.29 is 18.4 Å². The number of anilines is 1. The van der Waals surface area contributed by atoms with Crippen LogP contribution in [-0.4, -0.2) is 31.4 Å². The Labute approximate surface area is 204 Å². The Morgan fingerprint density at radius 1 is 0.806 bits per heavy atom. The highest BCUT2D eigenvalue weighted by Gasteiger charge is 2.21. The molecule has 0 spiro atoms. The molecule has 1 N–H and O–H groups in total. The third kappa shape index (κ3) is 4.62. The molecular weight excluding hydrogens is 464 g/mol. The Morgan fingerprint density at radius 3 is 2.25 bits per heavy atom. The summed E-state index contributed by atoms with van der Waals surface area (Å²) in [5.41, 5.74) is 1.04. The molecule has 0 atom stereocenters. The Kier molecular flexibility index (Phi) is 6.10. The molecule has 0 unspecified atom stereocenters. The van der Waals surface area contributed by atoms with Crippen molar-refractivity contribution in [2.45, 2.75) is 0 Å². The van der Waals surface area contributed by atoms with E-state index < -0.39 is 23.3 Å². The molecule has 7 nitrogen and oxygen atoms in total. The third-order valence-electron chi connectivity index (χ3n) is 5.33. The van der Waals surface area contributed by atoms with Crippen molar-refractivity contribution in [2.75, 3.05) is 5.32 Å². The topological polar surface area (TPSA) is 89.8 Å². The van der Waals surface area contributed by atoms with Gasteiger partial charge in [-0.15, -0.1) is 0 Å². The number of carbonyl (C=O) groups is 2. The van der Waals surface area contributed by atoms with Gasteiger partial charge in [-0.1, -0.05) is 12.1 Å². The van der Waals surface area contributed by atoms with E-state index in [4.69, 9.17) is 0 Å². The van der Waals surface area contributed by atoms with E-state index in [1.807, 2.05) is 0 Å². The normalized spacial score (nSPS) is 10.7. The first kappa shape index (κ1) is 22.7. The standard InChI is InChI=1S/C27H17F2N5O2/c28-18-9-7-17(8-10-18)25-21(16-34(33-25)24-6-2-4-14-31-24)27(36)32-19-11-12-22(29)20(15-19)26(35)23-5-1-3-13-30-23/h1-16H,(H,32,36). The van der Waals surface area contributed by atoms with E-state index in [0.717, 1.165) is 6.07 Å². The van der Waals surface area contributed by atoms with Crippen molar-refractivity contribution in [1.29, 1.82) is 0 Å². The Hall–Kier alpha value is -5.05. The maximum Gasteiger partial charge on any atom is 0.259 e. The minimum Gasteiger partial charge on any atom is -0.322 e. The highest BCUT2D eigenvalue weighted by atomic mass is 19.1. The SMILES string of the molecule is O=C(c1ccccn1)c1cc(NC(=O)c2cn(-c3ccccn3)nc2-c2ccc(F)cc2)ccc1F. The average molecular weight is 481 g/mol. The van der Waals surface area contributed by atoms with Gasteiger partial charge in [0.1, 0.15) is 23.0 Å². The predicted molar refractivity (Wildman–Crippen MR) is 129 cm³/mol. The fourth-order valence-electron chi connectivity index (χ4n) is 3.58. The molecule has 0 saturated heterocycles. The number of aromatic nitrogens is 4. The van der Waals surface area contributed by atoms with Gasteiger partial charge in [-0.05, 0) is 66.7 Å². The van der Waals surface area contributed by atoms with Crippen molar-refractivity contribution in [3.63, 3.8) is 0 Å². The van der Waals surface area contributed by atoms with Gasteiger partial charge in [0.2, 0.25) is 5.78 Å². The first-order valence-electron chi connectivity index (χ1n) is 10.8. The smallest absolute Gasteiger partial charge is 0.259 e. The lowest BCUT2D eigenvalue weighted by Crippen LogP contribution is -2.14. The van der Waals surface area contributed by atoms with Gasteiger partial charge >= 0.3 is 0 Å². The fraction of sp³-hybridized carbons (Fsp3) is 0. The van der Waals surface area contributed by atoms with E-state index in [2.05, 4.69) is 20.4 Å². The van der Waals surface area contributed by atoms with E-state index in [1.165, 1.54) is 59.5 Å². The number of ketones is 1. The summed E-state index contributed by atoms with van der Waals surface area (Å²) in [5, 5.41) is 7.18. The maximum absolute atomic E-state index is 14.5. The molecule has 0 radical (unpaired) electrons. The second kappa shape index (κ2) is 9.67. The first-order valence-corrected chi connectivity index (χ1v) is 10.8. The van der Waals surface area contributed by atoms with Crippen LogP contribution in [0.2, 0.25) is 0 Å². The zero-order valence-electron chi connectivity index (χ0n) is 18.6. The number of amides is 1. The molecular formula is C27H17F2N5O2. The summed E-state index contributed by atoms with van der Waals surface area (Å²) in [4.78, 5) is 34.3. The summed E-state index contributed by atoms with van der Waals surface area (Å²) in [5.74, 6) is -1.85. The van der Waals surface area contributed by atoms with Crippen LogP contribution in [0.5, 0.6) is 0 Å². The van der Waals surface area contributed by atoms with E-state index in [9.17, 15) is 18.4 Å². The van der Waals surface area contributed by atoms with Crippen LogP contribution in [0.15, 0.2) is 97.5 Å².